The molecular weight excluding hydrogens is 272 g/mol. The third-order valence-electron chi connectivity index (χ3n) is 3.68. The SMILES string of the molecule is CCOC(=O)CC(O)C(O)c1ccc2c(c1)CCC(=O)C2. The largest absolute Gasteiger partial charge is 0.466 e. The Bertz CT molecular complexity index is 537. The van der Waals surface area contributed by atoms with Crippen molar-refractivity contribution in [3.63, 3.8) is 0 Å². The zero-order valence-corrected chi connectivity index (χ0v) is 12.0. The van der Waals surface area contributed by atoms with Crippen LogP contribution in [0.2, 0.25) is 0 Å². The Hall–Kier alpha value is -1.72. The molecule has 0 radical (unpaired) electrons. The van der Waals surface area contributed by atoms with E-state index in [-0.39, 0.29) is 18.8 Å². The van der Waals surface area contributed by atoms with Gasteiger partial charge in [-0.2, -0.15) is 0 Å². The number of benzene rings is 1. The maximum atomic E-state index is 11.4. The van der Waals surface area contributed by atoms with Gasteiger partial charge in [0.05, 0.1) is 19.1 Å². The fourth-order valence-electron chi connectivity index (χ4n) is 2.53. The van der Waals surface area contributed by atoms with Crippen LogP contribution in [-0.2, 0) is 27.2 Å². The van der Waals surface area contributed by atoms with Crippen LogP contribution in [-0.4, -0.2) is 34.7 Å². The summed E-state index contributed by atoms with van der Waals surface area (Å²) in [5.41, 5.74) is 2.55. The molecule has 0 saturated carbocycles. The monoisotopic (exact) mass is 292 g/mol. The smallest absolute Gasteiger partial charge is 0.308 e. The number of rotatable bonds is 5. The lowest BCUT2D eigenvalue weighted by Crippen LogP contribution is -2.23. The fraction of sp³-hybridized carbons (Fsp3) is 0.500. The second kappa shape index (κ2) is 6.83. The highest BCUT2D eigenvalue weighted by Crippen LogP contribution is 2.26. The molecule has 1 aliphatic rings. The third-order valence-corrected chi connectivity index (χ3v) is 3.68. The van der Waals surface area contributed by atoms with Crippen molar-refractivity contribution in [2.45, 2.75) is 44.8 Å². The summed E-state index contributed by atoms with van der Waals surface area (Å²) in [5.74, 6) is -0.314. The molecule has 0 bridgehead atoms. The summed E-state index contributed by atoms with van der Waals surface area (Å²) in [6, 6.07) is 5.30. The van der Waals surface area contributed by atoms with E-state index in [0.29, 0.717) is 24.8 Å². The van der Waals surface area contributed by atoms with Gasteiger partial charge in [-0.1, -0.05) is 18.2 Å². The van der Waals surface area contributed by atoms with Gasteiger partial charge in [-0.15, -0.1) is 0 Å². The van der Waals surface area contributed by atoms with Crippen LogP contribution < -0.4 is 0 Å². The number of ether oxygens (including phenoxy) is 1. The van der Waals surface area contributed by atoms with E-state index in [9.17, 15) is 19.8 Å². The predicted octanol–water partition coefficient (Wildman–Crippen LogP) is 1.09. The molecule has 0 amide bonds. The van der Waals surface area contributed by atoms with Crippen molar-refractivity contribution >= 4 is 11.8 Å². The quantitative estimate of drug-likeness (QED) is 0.794. The summed E-state index contributed by atoms with van der Waals surface area (Å²) in [7, 11) is 0. The number of carbonyl (C=O) groups is 2. The minimum Gasteiger partial charge on any atom is -0.466 e. The molecule has 0 aromatic heterocycles. The first-order valence-electron chi connectivity index (χ1n) is 7.16. The van der Waals surface area contributed by atoms with Crippen LogP contribution in [0, 0.1) is 0 Å². The molecule has 1 aromatic carbocycles. The number of hydrogen-bond donors (Lipinski definition) is 2. The molecule has 1 aliphatic carbocycles. The van der Waals surface area contributed by atoms with E-state index < -0.39 is 18.2 Å². The number of aryl methyl sites for hydroxylation is 1. The molecule has 0 aliphatic heterocycles. The van der Waals surface area contributed by atoms with Gasteiger partial charge < -0.3 is 14.9 Å². The fourth-order valence-corrected chi connectivity index (χ4v) is 2.53. The first-order valence-corrected chi connectivity index (χ1v) is 7.16. The highest BCUT2D eigenvalue weighted by molar-refractivity contribution is 5.83. The van der Waals surface area contributed by atoms with Crippen molar-refractivity contribution in [3.05, 3.63) is 34.9 Å². The minimum atomic E-state index is -1.20. The second-order valence-electron chi connectivity index (χ2n) is 5.26. The molecule has 2 unspecified atom stereocenters. The third kappa shape index (κ3) is 3.89. The molecule has 114 valence electrons. The van der Waals surface area contributed by atoms with E-state index in [1.165, 1.54) is 0 Å². The Morgan fingerprint density at radius 2 is 2.05 bits per heavy atom. The van der Waals surface area contributed by atoms with E-state index >= 15 is 0 Å². The Balaban J connectivity index is 2.07. The number of carbonyl (C=O) groups excluding carboxylic acids is 2. The Morgan fingerprint density at radius 1 is 1.29 bits per heavy atom. The van der Waals surface area contributed by atoms with Gasteiger partial charge in [0.25, 0.3) is 0 Å². The first kappa shape index (κ1) is 15.7. The van der Waals surface area contributed by atoms with Crippen LogP contribution in [0.3, 0.4) is 0 Å². The van der Waals surface area contributed by atoms with Gasteiger partial charge in [0.1, 0.15) is 11.9 Å². The van der Waals surface area contributed by atoms with Crippen molar-refractivity contribution in [3.8, 4) is 0 Å². The second-order valence-corrected chi connectivity index (χ2v) is 5.26. The van der Waals surface area contributed by atoms with Crippen LogP contribution in [0.25, 0.3) is 0 Å². The van der Waals surface area contributed by atoms with Crippen LogP contribution in [0.15, 0.2) is 18.2 Å². The minimum absolute atomic E-state index is 0.221. The molecule has 0 heterocycles. The van der Waals surface area contributed by atoms with E-state index in [0.717, 1.165) is 11.1 Å². The zero-order chi connectivity index (χ0) is 15.4. The number of ketones is 1. The van der Waals surface area contributed by atoms with Gasteiger partial charge in [-0.05, 0) is 30.0 Å². The van der Waals surface area contributed by atoms with Crippen LogP contribution in [0.1, 0.15) is 42.6 Å². The van der Waals surface area contributed by atoms with Gasteiger partial charge in [0.2, 0.25) is 0 Å². The zero-order valence-electron chi connectivity index (χ0n) is 12.0. The van der Waals surface area contributed by atoms with Crippen LogP contribution in [0.4, 0.5) is 0 Å². The van der Waals surface area contributed by atoms with E-state index in [1.807, 2.05) is 6.07 Å². The molecule has 0 fully saturated rings. The first-order chi connectivity index (χ1) is 10.0. The van der Waals surface area contributed by atoms with Crippen molar-refractivity contribution in [2.75, 3.05) is 6.61 Å². The number of aliphatic hydroxyl groups excluding tert-OH is 2. The molecular formula is C16H20O5. The Morgan fingerprint density at radius 3 is 2.76 bits per heavy atom. The Kier molecular flexibility index (Phi) is 5.09. The highest BCUT2D eigenvalue weighted by atomic mass is 16.5. The maximum Gasteiger partial charge on any atom is 0.308 e. The lowest BCUT2D eigenvalue weighted by molar-refractivity contribution is -0.147. The normalized spacial score (nSPS) is 17.0. The number of esters is 1. The lowest BCUT2D eigenvalue weighted by atomic mass is 9.88. The molecule has 1 aromatic rings. The molecule has 21 heavy (non-hydrogen) atoms. The van der Waals surface area contributed by atoms with Crippen molar-refractivity contribution in [1.29, 1.82) is 0 Å². The van der Waals surface area contributed by atoms with Gasteiger partial charge >= 0.3 is 5.97 Å². The molecule has 5 heteroatoms. The van der Waals surface area contributed by atoms with Gasteiger partial charge in [-0.3, -0.25) is 9.59 Å². The average Bonchev–Trinajstić information content (AvgIpc) is 2.46. The summed E-state index contributed by atoms with van der Waals surface area (Å²) < 4.78 is 4.75. The van der Waals surface area contributed by atoms with E-state index in [2.05, 4.69) is 0 Å². The molecule has 0 saturated heterocycles. The number of hydrogen-bond acceptors (Lipinski definition) is 5. The number of Topliss-reactive ketones (excluding diaryl/α,β-unsaturated/α-hetero) is 1. The Labute approximate surface area is 123 Å². The molecule has 2 rings (SSSR count). The molecule has 5 nitrogen and oxygen atoms in total. The van der Waals surface area contributed by atoms with Crippen molar-refractivity contribution in [1.82, 2.24) is 0 Å². The van der Waals surface area contributed by atoms with Crippen LogP contribution >= 0.6 is 0 Å². The predicted molar refractivity (Wildman–Crippen MR) is 75.7 cm³/mol. The van der Waals surface area contributed by atoms with Gasteiger partial charge in [0, 0.05) is 12.8 Å². The summed E-state index contributed by atoms with van der Waals surface area (Å²) >= 11 is 0. The summed E-state index contributed by atoms with van der Waals surface area (Å²) in [4.78, 5) is 22.7. The highest BCUT2D eigenvalue weighted by Gasteiger charge is 2.24. The van der Waals surface area contributed by atoms with Crippen molar-refractivity contribution < 1.29 is 24.5 Å². The standard InChI is InChI=1S/C16H20O5/c1-2-21-15(19)9-14(18)16(20)12-4-3-11-8-13(17)6-5-10(11)7-12/h3-4,7,14,16,18,20H,2,5-6,8-9H2,1H3. The summed E-state index contributed by atoms with van der Waals surface area (Å²) in [6.07, 6.45) is -0.993. The summed E-state index contributed by atoms with van der Waals surface area (Å²) in [5, 5.41) is 20.0. The summed E-state index contributed by atoms with van der Waals surface area (Å²) in [6.45, 7) is 1.93. The van der Waals surface area contributed by atoms with Gasteiger partial charge in [-0.25, -0.2) is 0 Å². The van der Waals surface area contributed by atoms with Gasteiger partial charge in [0.15, 0.2) is 0 Å². The van der Waals surface area contributed by atoms with Crippen LogP contribution in [0.5, 0.6) is 0 Å². The molecule has 0 spiro atoms. The lowest BCUT2D eigenvalue weighted by Gasteiger charge is -2.21. The molecule has 2 atom stereocenters. The maximum absolute atomic E-state index is 11.4. The van der Waals surface area contributed by atoms with Crippen molar-refractivity contribution in [2.24, 2.45) is 0 Å². The van der Waals surface area contributed by atoms with E-state index in [1.54, 1.807) is 19.1 Å². The number of aliphatic hydroxyl groups is 2. The van der Waals surface area contributed by atoms with E-state index in [4.69, 9.17) is 4.74 Å². The number of fused-ring (bicyclic) bond motifs is 1. The average molecular weight is 292 g/mol. The molecule has 2 N–H and O–H groups in total. The topological polar surface area (TPSA) is 83.8 Å².